The number of nitrogen functional groups attached to an aromatic ring is 1. The van der Waals surface area contributed by atoms with Crippen molar-refractivity contribution in [1.82, 2.24) is 25.4 Å². The van der Waals surface area contributed by atoms with E-state index in [0.29, 0.717) is 18.0 Å². The van der Waals surface area contributed by atoms with Gasteiger partial charge in [-0.15, -0.1) is 4.28 Å². The van der Waals surface area contributed by atoms with Gasteiger partial charge in [0.2, 0.25) is 5.95 Å². The molecular formula is C12H17N7O7S. The highest BCUT2D eigenvalue weighted by molar-refractivity contribution is 7.80. The van der Waals surface area contributed by atoms with E-state index in [1.165, 1.54) is 6.20 Å². The maximum atomic E-state index is 12.6. The van der Waals surface area contributed by atoms with Crippen molar-refractivity contribution in [2.75, 3.05) is 25.4 Å². The number of amides is 3. The number of hydrogen-bond donors (Lipinski definition) is 4. The molecule has 1 unspecified atom stereocenters. The van der Waals surface area contributed by atoms with Gasteiger partial charge in [-0.25, -0.2) is 20.2 Å². The van der Waals surface area contributed by atoms with Crippen LogP contribution in [-0.4, -0.2) is 64.5 Å². The highest BCUT2D eigenvalue weighted by Gasteiger charge is 2.53. The number of nitrogens with zero attached hydrogens (tertiary/aromatic N) is 4. The molecule has 14 nitrogen and oxygen atoms in total. The van der Waals surface area contributed by atoms with Crippen LogP contribution in [0.3, 0.4) is 0 Å². The van der Waals surface area contributed by atoms with Gasteiger partial charge in [0.25, 0.3) is 5.91 Å². The fourth-order valence-corrected chi connectivity index (χ4v) is 3.24. The number of nitrogens with two attached hydrogens (primary N) is 2. The van der Waals surface area contributed by atoms with E-state index in [2.05, 4.69) is 19.7 Å². The molecule has 0 spiro atoms. The first-order valence-electron chi connectivity index (χ1n) is 7.73. The molecule has 0 aromatic carbocycles. The van der Waals surface area contributed by atoms with Crippen LogP contribution in [0.2, 0.25) is 0 Å². The van der Waals surface area contributed by atoms with Gasteiger partial charge in [-0.2, -0.15) is 13.5 Å². The number of rotatable bonds is 7. The Hall–Kier alpha value is -2.59. The molecule has 1 aromatic heterocycles. The van der Waals surface area contributed by atoms with Crippen molar-refractivity contribution in [2.45, 2.75) is 18.5 Å². The lowest BCUT2D eigenvalue weighted by molar-refractivity contribution is -0.138. The molecule has 15 heteroatoms. The fourth-order valence-electron chi connectivity index (χ4n) is 2.87. The Morgan fingerprint density at radius 1 is 1.48 bits per heavy atom. The van der Waals surface area contributed by atoms with Crippen LogP contribution in [0.5, 0.6) is 0 Å². The highest BCUT2D eigenvalue weighted by atomic mass is 32.3. The Kier molecular flexibility index (Phi) is 5.11. The van der Waals surface area contributed by atoms with E-state index in [0.717, 1.165) is 4.90 Å². The third-order valence-corrected chi connectivity index (χ3v) is 4.28. The van der Waals surface area contributed by atoms with Crippen molar-refractivity contribution in [2.24, 2.45) is 5.73 Å². The molecule has 148 valence electrons. The van der Waals surface area contributed by atoms with Crippen molar-refractivity contribution in [3.63, 3.8) is 0 Å². The lowest BCUT2D eigenvalue weighted by Gasteiger charge is -2.30. The van der Waals surface area contributed by atoms with Crippen LogP contribution >= 0.6 is 0 Å². The van der Waals surface area contributed by atoms with Gasteiger partial charge in [-0.05, 0) is 13.0 Å². The van der Waals surface area contributed by atoms with Gasteiger partial charge < -0.3 is 16.4 Å². The Labute approximate surface area is 153 Å². The van der Waals surface area contributed by atoms with Crippen molar-refractivity contribution in [3.8, 4) is 0 Å². The van der Waals surface area contributed by atoms with E-state index >= 15 is 0 Å². The van der Waals surface area contributed by atoms with Crippen LogP contribution in [0.15, 0.2) is 6.20 Å². The molecule has 2 aliphatic rings. The predicted octanol–water partition coefficient (Wildman–Crippen LogP) is -1.98. The van der Waals surface area contributed by atoms with Crippen LogP contribution in [0, 0.1) is 0 Å². The normalized spacial score (nSPS) is 21.3. The lowest BCUT2D eigenvalue weighted by Crippen LogP contribution is -2.44. The number of carbonyl (C=O) groups is 2. The summed E-state index contributed by atoms with van der Waals surface area (Å²) < 4.78 is 35.4. The number of hydroxylamine groups is 3. The van der Waals surface area contributed by atoms with Crippen LogP contribution in [0.4, 0.5) is 10.7 Å². The largest absolute Gasteiger partial charge is 0.418 e. The quantitative estimate of drug-likeness (QED) is 0.223. The Balaban J connectivity index is 1.93. The number of aromatic nitrogens is 2. The van der Waals surface area contributed by atoms with Crippen molar-refractivity contribution in [1.29, 1.82) is 0 Å². The monoisotopic (exact) mass is 403 g/mol. The number of anilines is 1. The van der Waals surface area contributed by atoms with Gasteiger partial charge in [0.15, 0.2) is 6.04 Å². The summed E-state index contributed by atoms with van der Waals surface area (Å²) >= 11 is 0. The average Bonchev–Trinajstić information content (AvgIpc) is 2.84. The zero-order chi connectivity index (χ0) is 19.8. The molecular weight excluding hydrogens is 386 g/mol. The van der Waals surface area contributed by atoms with Crippen molar-refractivity contribution < 1.29 is 31.7 Å². The van der Waals surface area contributed by atoms with Crippen LogP contribution < -0.4 is 16.9 Å². The van der Waals surface area contributed by atoms with E-state index in [9.17, 15) is 18.0 Å². The molecule has 2 aliphatic heterocycles. The number of urea groups is 1. The minimum atomic E-state index is -4.97. The van der Waals surface area contributed by atoms with E-state index in [-0.39, 0.29) is 30.4 Å². The molecule has 6 N–H and O–H groups in total. The van der Waals surface area contributed by atoms with Crippen molar-refractivity contribution in [3.05, 3.63) is 17.5 Å². The first-order valence-corrected chi connectivity index (χ1v) is 9.10. The van der Waals surface area contributed by atoms with E-state index in [4.69, 9.17) is 20.9 Å². The summed E-state index contributed by atoms with van der Waals surface area (Å²) in [6, 6.07) is -3.18. The molecule has 2 atom stereocenters. The Bertz CT molecular complexity index is 864. The van der Waals surface area contributed by atoms with Gasteiger partial charge in [-0.3, -0.25) is 14.2 Å². The van der Waals surface area contributed by atoms with E-state index in [1.54, 1.807) is 0 Å². The van der Waals surface area contributed by atoms with Crippen molar-refractivity contribution >= 4 is 28.3 Å². The van der Waals surface area contributed by atoms with Gasteiger partial charge in [-0.1, -0.05) is 0 Å². The zero-order valence-electron chi connectivity index (χ0n) is 13.8. The van der Waals surface area contributed by atoms with E-state index in [1.807, 2.05) is 0 Å². The number of carbonyl (C=O) groups excluding carboxylic acids is 2. The number of fused-ring (bicyclic) bond motifs is 4. The summed E-state index contributed by atoms with van der Waals surface area (Å²) in [4.78, 5) is 39.0. The maximum Gasteiger partial charge on any atom is 0.418 e. The molecule has 0 radical (unpaired) electrons. The van der Waals surface area contributed by atoms with Crippen LogP contribution in [0.25, 0.3) is 0 Å². The number of nitrogens with one attached hydrogen (secondary N) is 1. The predicted molar refractivity (Wildman–Crippen MR) is 86.3 cm³/mol. The summed E-state index contributed by atoms with van der Waals surface area (Å²) in [5, 5.41) is 0.441. The maximum absolute atomic E-state index is 12.6. The summed E-state index contributed by atoms with van der Waals surface area (Å²) in [5.74, 6) is -0.875. The number of hydrogen-bond acceptors (Lipinski definition) is 10. The molecule has 1 fully saturated rings. The second-order valence-corrected chi connectivity index (χ2v) is 6.71. The van der Waals surface area contributed by atoms with E-state index < -0.39 is 34.4 Å². The topological polar surface area (TPSA) is 203 Å². The third-order valence-electron chi connectivity index (χ3n) is 3.93. The van der Waals surface area contributed by atoms with Gasteiger partial charge in [0.05, 0.1) is 18.8 Å². The summed E-state index contributed by atoms with van der Waals surface area (Å²) in [6.07, 6.45) is 1.76. The Morgan fingerprint density at radius 2 is 2.22 bits per heavy atom. The van der Waals surface area contributed by atoms with Gasteiger partial charge >= 0.3 is 16.4 Å². The SMILES string of the molecule is NCCCONC(=O)[C@@H]1c2nc(N)ncc2C2CN1C(=O)N2OS(=O)(=O)O. The summed E-state index contributed by atoms with van der Waals surface area (Å²) in [5.41, 5.74) is 13.5. The minimum absolute atomic E-state index is 0.0912. The lowest BCUT2D eigenvalue weighted by atomic mass is 9.97. The minimum Gasteiger partial charge on any atom is -0.368 e. The standard InChI is InChI=1S/C12H17N7O7S/c13-2-1-3-25-17-10(20)9-8-6(4-15-11(14)16-8)7-5-18(9)12(21)19(7)26-27(22,23)24/h4,7,9H,1-3,5,13H2,(H,17,20)(H2,14,15,16)(H,22,23,24)/t7?,9-/m0/s1. The first-order chi connectivity index (χ1) is 12.7. The third kappa shape index (κ3) is 3.76. The molecule has 2 bridgehead atoms. The molecule has 3 rings (SSSR count). The van der Waals surface area contributed by atoms with Crippen LogP contribution in [0.1, 0.15) is 29.8 Å². The summed E-state index contributed by atoms with van der Waals surface area (Å²) in [7, 11) is -4.97. The molecule has 3 amide bonds. The highest BCUT2D eigenvalue weighted by Crippen LogP contribution is 2.43. The first kappa shape index (κ1) is 19.2. The van der Waals surface area contributed by atoms with Gasteiger partial charge in [0.1, 0.15) is 6.04 Å². The molecule has 0 aliphatic carbocycles. The Morgan fingerprint density at radius 3 is 2.89 bits per heavy atom. The second kappa shape index (κ2) is 7.20. The molecule has 1 aromatic rings. The average molecular weight is 403 g/mol. The smallest absolute Gasteiger partial charge is 0.368 e. The molecule has 0 saturated carbocycles. The zero-order valence-corrected chi connectivity index (χ0v) is 14.6. The molecule has 1 saturated heterocycles. The summed E-state index contributed by atoms with van der Waals surface area (Å²) in [6.45, 7) is 0.415. The molecule has 3 heterocycles. The second-order valence-electron chi connectivity index (χ2n) is 5.71. The fraction of sp³-hybridized carbons (Fsp3) is 0.500. The van der Waals surface area contributed by atoms with Gasteiger partial charge in [0, 0.05) is 11.8 Å². The van der Waals surface area contributed by atoms with Crippen LogP contribution in [-0.2, 0) is 24.3 Å². The molecule has 27 heavy (non-hydrogen) atoms.